The standard InChI is InChI=1S/C13H20N2O2/c1-10(7-8-14)13(16)15-9-11-3-5-12(17-2)6-4-11/h3-6,10H,7-9,14H2,1-2H3,(H,15,16). The number of carbonyl (C=O) groups excluding carboxylic acids is 1. The number of methoxy groups -OCH3 is 1. The maximum Gasteiger partial charge on any atom is 0.223 e. The maximum absolute atomic E-state index is 11.6. The van der Waals surface area contributed by atoms with E-state index < -0.39 is 0 Å². The third-order valence-corrected chi connectivity index (χ3v) is 2.67. The molecule has 1 unspecified atom stereocenters. The van der Waals surface area contributed by atoms with Crippen molar-refractivity contribution in [2.24, 2.45) is 11.7 Å². The summed E-state index contributed by atoms with van der Waals surface area (Å²) in [7, 11) is 1.63. The second-order valence-corrected chi connectivity index (χ2v) is 4.04. The Morgan fingerprint density at radius 2 is 2.06 bits per heavy atom. The molecule has 3 N–H and O–H groups in total. The SMILES string of the molecule is COc1ccc(CNC(=O)C(C)CCN)cc1. The van der Waals surface area contributed by atoms with Gasteiger partial charge >= 0.3 is 0 Å². The molecule has 0 aromatic heterocycles. The van der Waals surface area contributed by atoms with Gasteiger partial charge in [-0.1, -0.05) is 19.1 Å². The number of ether oxygens (including phenoxy) is 1. The van der Waals surface area contributed by atoms with Crippen molar-refractivity contribution < 1.29 is 9.53 Å². The molecular formula is C13H20N2O2. The molecular weight excluding hydrogens is 216 g/mol. The fourth-order valence-corrected chi connectivity index (χ4v) is 1.49. The average Bonchev–Trinajstić information content (AvgIpc) is 2.36. The zero-order valence-corrected chi connectivity index (χ0v) is 10.4. The van der Waals surface area contributed by atoms with Crippen LogP contribution in [-0.2, 0) is 11.3 Å². The lowest BCUT2D eigenvalue weighted by molar-refractivity contribution is -0.124. The number of carbonyl (C=O) groups is 1. The molecule has 0 saturated carbocycles. The van der Waals surface area contributed by atoms with Crippen molar-refractivity contribution in [1.29, 1.82) is 0 Å². The molecule has 94 valence electrons. The first kappa shape index (κ1) is 13.5. The van der Waals surface area contributed by atoms with Crippen LogP contribution in [0.4, 0.5) is 0 Å². The van der Waals surface area contributed by atoms with Crippen molar-refractivity contribution >= 4 is 5.91 Å². The first-order chi connectivity index (χ1) is 8.17. The number of nitrogens with two attached hydrogens (primary N) is 1. The minimum absolute atomic E-state index is 0.0294. The summed E-state index contributed by atoms with van der Waals surface area (Å²) in [5.74, 6) is 0.834. The molecule has 1 amide bonds. The average molecular weight is 236 g/mol. The van der Waals surface area contributed by atoms with E-state index in [1.807, 2.05) is 31.2 Å². The fourth-order valence-electron chi connectivity index (χ4n) is 1.49. The number of amides is 1. The number of hydrogen-bond donors (Lipinski definition) is 2. The van der Waals surface area contributed by atoms with Crippen LogP contribution in [0.3, 0.4) is 0 Å². The molecule has 0 spiro atoms. The molecule has 0 heterocycles. The molecule has 1 atom stereocenters. The van der Waals surface area contributed by atoms with Crippen LogP contribution in [0.2, 0.25) is 0 Å². The van der Waals surface area contributed by atoms with Gasteiger partial charge in [0.2, 0.25) is 5.91 Å². The third-order valence-electron chi connectivity index (χ3n) is 2.67. The molecule has 0 bridgehead atoms. The molecule has 0 fully saturated rings. The van der Waals surface area contributed by atoms with Gasteiger partial charge in [0.1, 0.15) is 5.75 Å². The quantitative estimate of drug-likeness (QED) is 0.782. The van der Waals surface area contributed by atoms with Gasteiger partial charge in [-0.2, -0.15) is 0 Å². The minimum atomic E-state index is -0.0294. The van der Waals surface area contributed by atoms with Gasteiger partial charge in [0.25, 0.3) is 0 Å². The van der Waals surface area contributed by atoms with E-state index in [1.54, 1.807) is 7.11 Å². The summed E-state index contributed by atoms with van der Waals surface area (Å²) in [6.07, 6.45) is 0.717. The highest BCUT2D eigenvalue weighted by atomic mass is 16.5. The first-order valence-electron chi connectivity index (χ1n) is 5.78. The Morgan fingerprint density at radius 1 is 1.41 bits per heavy atom. The van der Waals surface area contributed by atoms with Crippen molar-refractivity contribution in [1.82, 2.24) is 5.32 Å². The molecule has 0 radical (unpaired) electrons. The van der Waals surface area contributed by atoms with Gasteiger partial charge in [0, 0.05) is 12.5 Å². The molecule has 0 aliphatic heterocycles. The lowest BCUT2D eigenvalue weighted by atomic mass is 10.1. The number of benzene rings is 1. The van der Waals surface area contributed by atoms with E-state index in [4.69, 9.17) is 10.5 Å². The summed E-state index contributed by atoms with van der Waals surface area (Å²) in [5, 5.41) is 2.89. The Bertz CT molecular complexity index is 349. The lowest BCUT2D eigenvalue weighted by Crippen LogP contribution is -2.29. The van der Waals surface area contributed by atoms with Crippen molar-refractivity contribution in [2.45, 2.75) is 19.9 Å². The molecule has 4 nitrogen and oxygen atoms in total. The van der Waals surface area contributed by atoms with E-state index >= 15 is 0 Å². The summed E-state index contributed by atoms with van der Waals surface area (Å²) in [6, 6.07) is 7.63. The second-order valence-electron chi connectivity index (χ2n) is 4.04. The molecule has 0 aliphatic rings. The van der Waals surface area contributed by atoms with E-state index in [1.165, 1.54) is 0 Å². The van der Waals surface area contributed by atoms with Crippen LogP contribution in [0.15, 0.2) is 24.3 Å². The predicted molar refractivity (Wildman–Crippen MR) is 67.7 cm³/mol. The highest BCUT2D eigenvalue weighted by Crippen LogP contribution is 2.11. The lowest BCUT2D eigenvalue weighted by Gasteiger charge is -2.11. The smallest absolute Gasteiger partial charge is 0.223 e. The fraction of sp³-hybridized carbons (Fsp3) is 0.462. The topological polar surface area (TPSA) is 64.3 Å². The summed E-state index contributed by atoms with van der Waals surface area (Å²) in [6.45, 7) is 2.96. The number of hydrogen-bond acceptors (Lipinski definition) is 3. The first-order valence-corrected chi connectivity index (χ1v) is 5.78. The van der Waals surface area contributed by atoms with Crippen LogP contribution in [0.5, 0.6) is 5.75 Å². The number of nitrogens with one attached hydrogen (secondary N) is 1. The van der Waals surface area contributed by atoms with E-state index in [0.717, 1.165) is 11.3 Å². The van der Waals surface area contributed by atoms with Crippen molar-refractivity contribution in [3.8, 4) is 5.75 Å². The van der Waals surface area contributed by atoms with Crippen LogP contribution in [0.25, 0.3) is 0 Å². The highest BCUT2D eigenvalue weighted by Gasteiger charge is 2.10. The molecule has 0 saturated heterocycles. The second kappa shape index (κ2) is 6.91. The molecule has 1 aromatic carbocycles. The zero-order chi connectivity index (χ0) is 12.7. The van der Waals surface area contributed by atoms with Crippen molar-refractivity contribution in [3.05, 3.63) is 29.8 Å². The Kier molecular flexibility index (Phi) is 5.49. The van der Waals surface area contributed by atoms with E-state index in [0.29, 0.717) is 19.5 Å². The maximum atomic E-state index is 11.6. The van der Waals surface area contributed by atoms with Gasteiger partial charge in [-0.15, -0.1) is 0 Å². The number of rotatable bonds is 6. The third kappa shape index (κ3) is 4.44. The Morgan fingerprint density at radius 3 is 2.59 bits per heavy atom. The highest BCUT2D eigenvalue weighted by molar-refractivity contribution is 5.78. The van der Waals surface area contributed by atoms with Gasteiger partial charge in [0.15, 0.2) is 0 Å². The molecule has 0 aliphatic carbocycles. The van der Waals surface area contributed by atoms with Gasteiger partial charge in [-0.25, -0.2) is 0 Å². The van der Waals surface area contributed by atoms with Crippen LogP contribution in [0.1, 0.15) is 18.9 Å². The van der Waals surface area contributed by atoms with Crippen molar-refractivity contribution in [2.75, 3.05) is 13.7 Å². The Hall–Kier alpha value is -1.55. The van der Waals surface area contributed by atoms with Crippen molar-refractivity contribution in [3.63, 3.8) is 0 Å². The van der Waals surface area contributed by atoms with Gasteiger partial charge < -0.3 is 15.8 Å². The minimum Gasteiger partial charge on any atom is -0.497 e. The van der Waals surface area contributed by atoms with Gasteiger partial charge in [0.05, 0.1) is 7.11 Å². The van der Waals surface area contributed by atoms with E-state index in [9.17, 15) is 4.79 Å². The molecule has 1 rings (SSSR count). The van der Waals surface area contributed by atoms with Crippen LogP contribution in [-0.4, -0.2) is 19.6 Å². The Balaban J connectivity index is 2.41. The molecule has 4 heteroatoms. The summed E-state index contributed by atoms with van der Waals surface area (Å²) >= 11 is 0. The molecule has 17 heavy (non-hydrogen) atoms. The monoisotopic (exact) mass is 236 g/mol. The van der Waals surface area contributed by atoms with E-state index in [-0.39, 0.29) is 11.8 Å². The summed E-state index contributed by atoms with van der Waals surface area (Å²) in [4.78, 5) is 11.6. The summed E-state index contributed by atoms with van der Waals surface area (Å²) < 4.78 is 5.06. The van der Waals surface area contributed by atoms with E-state index in [2.05, 4.69) is 5.32 Å². The van der Waals surface area contributed by atoms with Crippen LogP contribution in [0, 0.1) is 5.92 Å². The normalized spacial score (nSPS) is 11.9. The van der Waals surface area contributed by atoms with Crippen LogP contribution < -0.4 is 15.8 Å². The summed E-state index contributed by atoms with van der Waals surface area (Å²) in [5.41, 5.74) is 6.47. The predicted octanol–water partition coefficient (Wildman–Crippen LogP) is 1.30. The van der Waals surface area contributed by atoms with Gasteiger partial charge in [-0.05, 0) is 30.7 Å². The van der Waals surface area contributed by atoms with Crippen LogP contribution >= 0.6 is 0 Å². The van der Waals surface area contributed by atoms with Gasteiger partial charge in [-0.3, -0.25) is 4.79 Å². The Labute approximate surface area is 102 Å². The largest absolute Gasteiger partial charge is 0.497 e. The molecule has 1 aromatic rings. The zero-order valence-electron chi connectivity index (χ0n) is 10.4.